The third kappa shape index (κ3) is 3.13. The summed E-state index contributed by atoms with van der Waals surface area (Å²) in [7, 11) is 0. The molecule has 2 rings (SSSR count). The molecular weight excluding hydrogens is 251 g/mol. The van der Waals surface area contributed by atoms with Crippen molar-refractivity contribution >= 4 is 5.91 Å². The van der Waals surface area contributed by atoms with Gasteiger partial charge in [0, 0.05) is 12.1 Å². The van der Waals surface area contributed by atoms with E-state index in [9.17, 15) is 18.0 Å². The van der Waals surface area contributed by atoms with E-state index < -0.39 is 12.5 Å². The summed E-state index contributed by atoms with van der Waals surface area (Å²) in [4.78, 5) is 10.9. The Labute approximate surface area is 101 Å². The van der Waals surface area contributed by atoms with Crippen LogP contribution in [0.5, 0.6) is 5.75 Å². The fourth-order valence-electron chi connectivity index (χ4n) is 1.66. The van der Waals surface area contributed by atoms with Crippen molar-refractivity contribution in [3.8, 4) is 5.75 Å². The third-order valence-corrected chi connectivity index (χ3v) is 2.39. The fraction of sp³-hybridized carbons (Fsp3) is 0.364. The maximum Gasteiger partial charge on any atom is 0.573 e. The van der Waals surface area contributed by atoms with Gasteiger partial charge in [0.2, 0.25) is 5.91 Å². The molecule has 1 aromatic carbocycles. The third-order valence-electron chi connectivity index (χ3n) is 2.39. The highest BCUT2D eigenvalue weighted by atomic mass is 19.4. The van der Waals surface area contributed by atoms with Crippen LogP contribution in [0.2, 0.25) is 0 Å². The molecule has 7 heteroatoms. The van der Waals surface area contributed by atoms with E-state index in [0.717, 1.165) is 0 Å². The van der Waals surface area contributed by atoms with Crippen molar-refractivity contribution in [1.82, 2.24) is 5.32 Å². The first-order valence-corrected chi connectivity index (χ1v) is 5.19. The highest BCUT2D eigenvalue weighted by Gasteiger charge is 2.33. The number of carbonyl (C=O) groups is 1. The van der Waals surface area contributed by atoms with E-state index in [4.69, 9.17) is 4.74 Å². The van der Waals surface area contributed by atoms with Crippen LogP contribution in [0.3, 0.4) is 0 Å². The zero-order chi connectivity index (χ0) is 13.2. The lowest BCUT2D eigenvalue weighted by molar-refractivity contribution is -0.275. The van der Waals surface area contributed by atoms with Crippen LogP contribution >= 0.6 is 0 Å². The minimum Gasteiger partial charge on any atom is -0.405 e. The van der Waals surface area contributed by atoms with E-state index in [-0.39, 0.29) is 30.4 Å². The summed E-state index contributed by atoms with van der Waals surface area (Å²) in [6, 6.07) is 5.70. The number of alkyl halides is 3. The van der Waals surface area contributed by atoms with Crippen molar-refractivity contribution in [2.24, 2.45) is 0 Å². The lowest BCUT2D eigenvalue weighted by atomic mass is 10.1. The molecule has 1 unspecified atom stereocenters. The molecule has 0 bridgehead atoms. The number of nitrogens with one attached hydrogen (secondary N) is 1. The largest absolute Gasteiger partial charge is 0.573 e. The van der Waals surface area contributed by atoms with Gasteiger partial charge in [-0.05, 0) is 6.07 Å². The lowest BCUT2D eigenvalue weighted by Crippen LogP contribution is -2.38. The predicted octanol–water partition coefficient (Wildman–Crippen LogP) is 1.77. The maximum atomic E-state index is 12.2. The Balaban J connectivity index is 2.19. The van der Waals surface area contributed by atoms with Gasteiger partial charge in [-0.3, -0.25) is 4.79 Å². The van der Waals surface area contributed by atoms with Crippen LogP contribution in [0, 0.1) is 0 Å². The average molecular weight is 261 g/mol. The topological polar surface area (TPSA) is 47.6 Å². The molecule has 0 saturated carbocycles. The van der Waals surface area contributed by atoms with Crippen molar-refractivity contribution in [3.63, 3.8) is 0 Å². The highest BCUT2D eigenvalue weighted by Crippen LogP contribution is 2.32. The lowest BCUT2D eigenvalue weighted by Gasteiger charge is -2.25. The Morgan fingerprint density at radius 2 is 2.06 bits per heavy atom. The summed E-state index contributed by atoms with van der Waals surface area (Å²) >= 11 is 0. The molecular formula is C11H10F3NO3. The van der Waals surface area contributed by atoms with Gasteiger partial charge in [0.1, 0.15) is 18.5 Å². The molecule has 0 aromatic heterocycles. The van der Waals surface area contributed by atoms with Gasteiger partial charge in [0.15, 0.2) is 0 Å². The monoisotopic (exact) mass is 261 g/mol. The van der Waals surface area contributed by atoms with Crippen molar-refractivity contribution in [2.45, 2.75) is 12.5 Å². The van der Waals surface area contributed by atoms with Gasteiger partial charge in [-0.1, -0.05) is 18.2 Å². The number of hydrogen-bond donors (Lipinski definition) is 1. The Bertz CT molecular complexity index is 437. The molecule has 1 aliphatic heterocycles. The molecule has 1 aromatic rings. The summed E-state index contributed by atoms with van der Waals surface area (Å²) in [6.07, 6.45) is -5.39. The van der Waals surface area contributed by atoms with Crippen molar-refractivity contribution in [2.75, 3.05) is 13.2 Å². The second-order valence-electron chi connectivity index (χ2n) is 3.69. The van der Waals surface area contributed by atoms with Crippen molar-refractivity contribution < 1.29 is 27.4 Å². The van der Waals surface area contributed by atoms with Crippen LogP contribution in [-0.4, -0.2) is 25.4 Å². The van der Waals surface area contributed by atoms with Gasteiger partial charge in [-0.25, -0.2) is 0 Å². The number of amides is 1. The van der Waals surface area contributed by atoms with Gasteiger partial charge in [-0.15, -0.1) is 13.2 Å². The maximum absolute atomic E-state index is 12.2. The van der Waals surface area contributed by atoms with E-state index in [0.29, 0.717) is 0 Å². The zero-order valence-electron chi connectivity index (χ0n) is 9.16. The van der Waals surface area contributed by atoms with E-state index in [1.165, 1.54) is 18.2 Å². The van der Waals surface area contributed by atoms with Gasteiger partial charge in [-0.2, -0.15) is 0 Å². The second-order valence-corrected chi connectivity index (χ2v) is 3.69. The van der Waals surface area contributed by atoms with Crippen LogP contribution in [-0.2, 0) is 9.53 Å². The Morgan fingerprint density at radius 3 is 2.67 bits per heavy atom. The standard InChI is InChI=1S/C11H10F3NO3/c12-11(13,14)18-8-4-2-1-3-7(8)9-5-15-10(16)6-17-9/h1-4,9H,5-6H2,(H,15,16). The highest BCUT2D eigenvalue weighted by molar-refractivity contribution is 5.77. The molecule has 1 saturated heterocycles. The van der Waals surface area contributed by atoms with Crippen LogP contribution < -0.4 is 10.1 Å². The fourth-order valence-corrected chi connectivity index (χ4v) is 1.66. The molecule has 1 atom stereocenters. The molecule has 0 aliphatic carbocycles. The zero-order valence-corrected chi connectivity index (χ0v) is 9.16. The quantitative estimate of drug-likeness (QED) is 0.882. The number of para-hydroxylation sites is 1. The van der Waals surface area contributed by atoms with Crippen LogP contribution in [0.25, 0.3) is 0 Å². The SMILES string of the molecule is O=C1COC(c2ccccc2OC(F)(F)F)CN1. The van der Waals surface area contributed by atoms with Crippen LogP contribution in [0.4, 0.5) is 13.2 Å². The molecule has 1 heterocycles. The number of carbonyl (C=O) groups excluding carboxylic acids is 1. The van der Waals surface area contributed by atoms with Gasteiger partial charge < -0.3 is 14.8 Å². The summed E-state index contributed by atoms with van der Waals surface area (Å²) in [5.41, 5.74) is 0.259. The van der Waals surface area contributed by atoms with Crippen LogP contribution in [0.15, 0.2) is 24.3 Å². The minimum atomic E-state index is -4.76. The first kappa shape index (κ1) is 12.7. The molecule has 1 fully saturated rings. The molecule has 98 valence electrons. The Morgan fingerprint density at radius 1 is 1.33 bits per heavy atom. The molecule has 1 amide bonds. The molecule has 1 aliphatic rings. The second kappa shape index (κ2) is 4.85. The number of morpholine rings is 1. The summed E-state index contributed by atoms with van der Waals surface area (Å²) in [5, 5.41) is 2.52. The summed E-state index contributed by atoms with van der Waals surface area (Å²) in [5.74, 6) is -0.605. The first-order chi connectivity index (χ1) is 8.46. The van der Waals surface area contributed by atoms with Crippen LogP contribution in [0.1, 0.15) is 11.7 Å². The molecule has 0 spiro atoms. The average Bonchev–Trinajstić information content (AvgIpc) is 2.29. The van der Waals surface area contributed by atoms with E-state index in [1.807, 2.05) is 0 Å². The normalized spacial score (nSPS) is 20.4. The van der Waals surface area contributed by atoms with E-state index in [2.05, 4.69) is 10.1 Å². The molecule has 1 N–H and O–H groups in total. The molecule has 18 heavy (non-hydrogen) atoms. The minimum absolute atomic E-state index is 0.122. The van der Waals surface area contributed by atoms with E-state index in [1.54, 1.807) is 6.07 Å². The van der Waals surface area contributed by atoms with Gasteiger partial charge >= 0.3 is 6.36 Å². The van der Waals surface area contributed by atoms with Crippen molar-refractivity contribution in [3.05, 3.63) is 29.8 Å². The molecule has 0 radical (unpaired) electrons. The smallest absolute Gasteiger partial charge is 0.405 e. The number of ether oxygens (including phenoxy) is 2. The number of halogens is 3. The van der Waals surface area contributed by atoms with Crippen molar-refractivity contribution in [1.29, 1.82) is 0 Å². The Kier molecular flexibility index (Phi) is 3.42. The summed E-state index contributed by atoms with van der Waals surface area (Å²) < 4.78 is 45.7. The summed E-state index contributed by atoms with van der Waals surface area (Å²) in [6.45, 7) is -0.0535. The van der Waals surface area contributed by atoms with Gasteiger partial charge in [0.25, 0.3) is 0 Å². The predicted molar refractivity (Wildman–Crippen MR) is 54.8 cm³/mol. The Hall–Kier alpha value is -1.76. The van der Waals surface area contributed by atoms with E-state index >= 15 is 0 Å². The number of hydrogen-bond acceptors (Lipinski definition) is 3. The number of benzene rings is 1. The number of rotatable bonds is 2. The first-order valence-electron chi connectivity index (χ1n) is 5.19. The van der Waals surface area contributed by atoms with Gasteiger partial charge in [0.05, 0.1) is 0 Å². The molecule has 4 nitrogen and oxygen atoms in total.